The van der Waals surface area contributed by atoms with Crippen molar-refractivity contribution in [1.29, 1.82) is 0 Å². The summed E-state index contributed by atoms with van der Waals surface area (Å²) in [4.78, 5) is 7.27. The number of benzene rings is 1. The van der Waals surface area contributed by atoms with Gasteiger partial charge in [0, 0.05) is 28.7 Å². The Morgan fingerprint density at radius 3 is 2.85 bits per heavy atom. The van der Waals surface area contributed by atoms with Crippen LogP contribution in [0.5, 0.6) is 17.4 Å². The number of ether oxygens (including phenoxy) is 2. The van der Waals surface area contributed by atoms with Crippen molar-refractivity contribution in [2.24, 2.45) is 5.73 Å². The Balaban J connectivity index is 0.00000210. The SMILES string of the molecule is C.Cc1cc2c(F)c(Oc3ncnn4cc(OCCN)c(C)c34)ccc2[nH]1. The Morgan fingerprint density at radius 2 is 2.07 bits per heavy atom. The number of aromatic nitrogens is 4. The second-order valence-corrected chi connectivity index (χ2v) is 6.01. The number of nitrogens with two attached hydrogens (primary N) is 1. The summed E-state index contributed by atoms with van der Waals surface area (Å²) in [6.45, 7) is 4.54. The molecule has 0 spiro atoms. The number of H-pyrrole nitrogens is 1. The van der Waals surface area contributed by atoms with Gasteiger partial charge in [0.05, 0.1) is 6.20 Å². The van der Waals surface area contributed by atoms with Gasteiger partial charge in [0.25, 0.3) is 0 Å². The summed E-state index contributed by atoms with van der Waals surface area (Å²) in [6.07, 6.45) is 3.08. The fraction of sp³-hybridized carbons (Fsp3) is 0.263. The molecule has 0 radical (unpaired) electrons. The number of aryl methyl sites for hydroxylation is 2. The fourth-order valence-electron chi connectivity index (χ4n) is 2.97. The number of aromatic amines is 1. The molecule has 8 heteroatoms. The van der Waals surface area contributed by atoms with Crippen molar-refractivity contribution in [3.05, 3.63) is 47.8 Å². The molecule has 0 aliphatic rings. The quantitative estimate of drug-likeness (QED) is 0.558. The molecule has 1 aromatic carbocycles. The smallest absolute Gasteiger partial charge is 0.247 e. The second-order valence-electron chi connectivity index (χ2n) is 6.01. The third kappa shape index (κ3) is 3.19. The molecule has 0 amide bonds. The second kappa shape index (κ2) is 7.24. The van der Waals surface area contributed by atoms with Crippen molar-refractivity contribution in [1.82, 2.24) is 19.6 Å². The van der Waals surface area contributed by atoms with Crippen molar-refractivity contribution in [3.8, 4) is 17.4 Å². The first-order valence-corrected chi connectivity index (χ1v) is 8.20. The van der Waals surface area contributed by atoms with Gasteiger partial charge in [-0.05, 0) is 32.0 Å². The first kappa shape index (κ1) is 18.7. The molecule has 3 aromatic heterocycles. The van der Waals surface area contributed by atoms with E-state index in [1.807, 2.05) is 13.8 Å². The fourth-order valence-corrected chi connectivity index (χ4v) is 2.97. The maximum absolute atomic E-state index is 14.8. The van der Waals surface area contributed by atoms with Crippen LogP contribution < -0.4 is 15.2 Å². The molecule has 0 atom stereocenters. The predicted octanol–water partition coefficient (Wildman–Crippen LogP) is 3.73. The first-order valence-electron chi connectivity index (χ1n) is 8.20. The van der Waals surface area contributed by atoms with E-state index < -0.39 is 5.82 Å². The van der Waals surface area contributed by atoms with E-state index in [1.54, 1.807) is 28.9 Å². The van der Waals surface area contributed by atoms with E-state index in [1.165, 1.54) is 6.33 Å². The molecule has 27 heavy (non-hydrogen) atoms. The van der Waals surface area contributed by atoms with Gasteiger partial charge in [-0.25, -0.2) is 8.91 Å². The van der Waals surface area contributed by atoms with Gasteiger partial charge in [0.2, 0.25) is 5.88 Å². The summed E-state index contributed by atoms with van der Waals surface area (Å²) in [5.74, 6) is 0.554. The number of hydrogen-bond acceptors (Lipinski definition) is 5. The summed E-state index contributed by atoms with van der Waals surface area (Å²) in [5, 5.41) is 4.64. The van der Waals surface area contributed by atoms with Crippen molar-refractivity contribution in [3.63, 3.8) is 0 Å². The summed E-state index contributed by atoms with van der Waals surface area (Å²) in [7, 11) is 0. The Bertz CT molecular complexity index is 1100. The highest BCUT2D eigenvalue weighted by Crippen LogP contribution is 2.34. The summed E-state index contributed by atoms with van der Waals surface area (Å²) in [5.41, 5.74) is 8.50. The lowest BCUT2D eigenvalue weighted by atomic mass is 10.2. The molecule has 0 aliphatic heterocycles. The van der Waals surface area contributed by atoms with Crippen LogP contribution in [-0.2, 0) is 0 Å². The van der Waals surface area contributed by atoms with Crippen LogP contribution in [0.2, 0.25) is 0 Å². The topological polar surface area (TPSA) is 90.5 Å². The van der Waals surface area contributed by atoms with Crippen LogP contribution in [0.25, 0.3) is 16.4 Å². The molecule has 0 aliphatic carbocycles. The zero-order valence-electron chi connectivity index (χ0n) is 14.4. The standard InChI is InChI=1S/C18H18FN5O2.CH4/c1-10-7-12-13(23-10)3-4-14(16(12)19)26-18-17-11(2)15(25-6-5-20)8-24(17)22-9-21-18;/h3-4,7-9,23H,5-6,20H2,1-2H3;1H4. The van der Waals surface area contributed by atoms with E-state index in [-0.39, 0.29) is 19.1 Å². The lowest BCUT2D eigenvalue weighted by Gasteiger charge is -2.08. The number of nitrogens with one attached hydrogen (secondary N) is 1. The third-order valence-corrected chi connectivity index (χ3v) is 4.17. The molecule has 0 saturated carbocycles. The van der Waals surface area contributed by atoms with Gasteiger partial charge in [0.15, 0.2) is 11.6 Å². The van der Waals surface area contributed by atoms with Crippen LogP contribution in [0, 0.1) is 19.7 Å². The molecule has 142 valence electrons. The molecule has 7 nitrogen and oxygen atoms in total. The van der Waals surface area contributed by atoms with Gasteiger partial charge < -0.3 is 20.2 Å². The highest BCUT2D eigenvalue weighted by Gasteiger charge is 2.18. The summed E-state index contributed by atoms with van der Waals surface area (Å²) in [6, 6.07) is 5.10. The molecule has 4 rings (SSSR count). The minimum absolute atomic E-state index is 0. The summed E-state index contributed by atoms with van der Waals surface area (Å²) < 4.78 is 27.8. The Morgan fingerprint density at radius 1 is 1.26 bits per heavy atom. The van der Waals surface area contributed by atoms with Gasteiger partial charge in [-0.3, -0.25) is 0 Å². The Labute approximate surface area is 155 Å². The van der Waals surface area contributed by atoms with Gasteiger partial charge >= 0.3 is 0 Å². The molecule has 0 fully saturated rings. The zero-order chi connectivity index (χ0) is 18.3. The van der Waals surface area contributed by atoms with Crippen LogP contribution in [0.3, 0.4) is 0 Å². The highest BCUT2D eigenvalue weighted by atomic mass is 19.1. The largest absolute Gasteiger partial charge is 0.490 e. The zero-order valence-corrected chi connectivity index (χ0v) is 14.4. The molecule has 0 bridgehead atoms. The number of fused-ring (bicyclic) bond motifs is 2. The van der Waals surface area contributed by atoms with Gasteiger partial charge in [-0.15, -0.1) is 0 Å². The van der Waals surface area contributed by atoms with E-state index in [0.29, 0.717) is 29.8 Å². The van der Waals surface area contributed by atoms with Gasteiger partial charge in [0.1, 0.15) is 24.2 Å². The number of hydrogen-bond donors (Lipinski definition) is 2. The minimum Gasteiger partial charge on any atom is -0.490 e. The normalized spacial score (nSPS) is 11.0. The Kier molecular flexibility index (Phi) is 5.00. The average Bonchev–Trinajstić information content (AvgIpc) is 3.16. The van der Waals surface area contributed by atoms with E-state index >= 15 is 0 Å². The van der Waals surface area contributed by atoms with Crippen molar-refractivity contribution >= 4 is 16.4 Å². The van der Waals surface area contributed by atoms with E-state index in [0.717, 1.165) is 16.8 Å². The number of halogens is 1. The summed E-state index contributed by atoms with van der Waals surface area (Å²) >= 11 is 0. The van der Waals surface area contributed by atoms with Crippen LogP contribution in [0.15, 0.2) is 30.7 Å². The molecular formula is C19H22FN5O2. The van der Waals surface area contributed by atoms with E-state index in [2.05, 4.69) is 15.1 Å². The van der Waals surface area contributed by atoms with Crippen molar-refractivity contribution < 1.29 is 13.9 Å². The monoisotopic (exact) mass is 371 g/mol. The molecule has 3 heterocycles. The molecule has 4 aromatic rings. The van der Waals surface area contributed by atoms with Crippen LogP contribution in [0.1, 0.15) is 18.7 Å². The molecule has 0 saturated heterocycles. The molecule has 3 N–H and O–H groups in total. The van der Waals surface area contributed by atoms with Crippen LogP contribution in [-0.4, -0.2) is 32.7 Å². The van der Waals surface area contributed by atoms with E-state index in [9.17, 15) is 4.39 Å². The first-order chi connectivity index (χ1) is 12.6. The van der Waals surface area contributed by atoms with Gasteiger partial charge in [-0.2, -0.15) is 10.1 Å². The molecule has 0 unspecified atom stereocenters. The minimum atomic E-state index is -0.438. The maximum atomic E-state index is 14.8. The number of nitrogens with zero attached hydrogens (tertiary/aromatic N) is 3. The van der Waals surface area contributed by atoms with Gasteiger partial charge in [-0.1, -0.05) is 7.43 Å². The highest BCUT2D eigenvalue weighted by molar-refractivity contribution is 5.83. The van der Waals surface area contributed by atoms with Crippen LogP contribution in [0.4, 0.5) is 4.39 Å². The molecular weight excluding hydrogens is 349 g/mol. The van der Waals surface area contributed by atoms with Crippen molar-refractivity contribution in [2.75, 3.05) is 13.2 Å². The van der Waals surface area contributed by atoms with Crippen molar-refractivity contribution in [2.45, 2.75) is 21.3 Å². The lowest BCUT2D eigenvalue weighted by Crippen LogP contribution is -2.10. The Hall–Kier alpha value is -3.13. The maximum Gasteiger partial charge on any atom is 0.247 e. The van der Waals surface area contributed by atoms with Crippen LogP contribution >= 0.6 is 0 Å². The lowest BCUT2D eigenvalue weighted by molar-refractivity contribution is 0.326. The predicted molar refractivity (Wildman–Crippen MR) is 102 cm³/mol. The third-order valence-electron chi connectivity index (χ3n) is 4.17. The van der Waals surface area contributed by atoms with E-state index in [4.69, 9.17) is 15.2 Å². The number of rotatable bonds is 5. The average molecular weight is 371 g/mol.